The molecule has 6 heteroatoms. The number of unbranched alkanes of at least 4 members (excludes halogenated alkanes) is 3. The lowest BCUT2D eigenvalue weighted by Crippen LogP contribution is -2.34. The Morgan fingerprint density at radius 1 is 1.12 bits per heavy atom. The summed E-state index contributed by atoms with van der Waals surface area (Å²) < 4.78 is 1.17. The van der Waals surface area contributed by atoms with Gasteiger partial charge >= 0.3 is 5.69 Å². The van der Waals surface area contributed by atoms with E-state index in [9.17, 15) is 14.7 Å². The zero-order chi connectivity index (χ0) is 18.9. The van der Waals surface area contributed by atoms with Gasteiger partial charge in [0, 0.05) is 6.54 Å². The van der Waals surface area contributed by atoms with Gasteiger partial charge in [0.05, 0.1) is 12.3 Å². The van der Waals surface area contributed by atoms with Crippen LogP contribution in [0.15, 0.2) is 44.9 Å². The second-order valence-corrected chi connectivity index (χ2v) is 6.27. The predicted octanol–water partition coefficient (Wildman–Crippen LogP) is 3.07. The van der Waals surface area contributed by atoms with Gasteiger partial charge in [-0.3, -0.25) is 19.3 Å². The minimum atomic E-state index is -0.626. The van der Waals surface area contributed by atoms with Crippen LogP contribution in [0.2, 0.25) is 0 Å². The highest BCUT2D eigenvalue weighted by Gasteiger charge is 2.18. The van der Waals surface area contributed by atoms with Crippen LogP contribution in [0.5, 0.6) is 5.88 Å². The lowest BCUT2D eigenvalue weighted by molar-refractivity contribution is 0.407. The maximum Gasteiger partial charge on any atom is 0.331 e. The molecule has 0 aliphatic carbocycles. The molecule has 2 aromatic rings. The number of nitrogens with one attached hydrogen (secondary N) is 1. The topological polar surface area (TPSA) is 87.4 Å². The maximum atomic E-state index is 12.3. The van der Waals surface area contributed by atoms with Crippen molar-refractivity contribution < 1.29 is 5.11 Å². The number of aliphatic imine (C=N–C) groups is 1. The van der Waals surface area contributed by atoms with Crippen molar-refractivity contribution in [2.24, 2.45) is 4.99 Å². The van der Waals surface area contributed by atoms with Crippen LogP contribution in [-0.4, -0.2) is 26.9 Å². The highest BCUT2D eigenvalue weighted by molar-refractivity contribution is 6.01. The molecule has 2 N–H and O–H groups in total. The monoisotopic (exact) mass is 357 g/mol. The Balaban J connectivity index is 2.35. The third kappa shape index (κ3) is 4.94. The van der Waals surface area contributed by atoms with Gasteiger partial charge in [0.2, 0.25) is 5.88 Å². The van der Waals surface area contributed by atoms with Crippen LogP contribution in [0.4, 0.5) is 0 Å². The Hall–Kier alpha value is -2.63. The fraction of sp³-hybridized carbons (Fsp3) is 0.450. The quantitative estimate of drug-likeness (QED) is 0.534. The van der Waals surface area contributed by atoms with Crippen LogP contribution in [0.1, 0.15) is 57.1 Å². The minimum absolute atomic E-state index is 0.0959. The number of aromatic nitrogens is 2. The average molecular weight is 357 g/mol. The summed E-state index contributed by atoms with van der Waals surface area (Å²) in [6.07, 6.45) is 4.85. The molecule has 0 saturated carbocycles. The van der Waals surface area contributed by atoms with Crippen LogP contribution in [0.25, 0.3) is 0 Å². The summed E-state index contributed by atoms with van der Waals surface area (Å²) in [4.78, 5) is 31.3. The molecule has 6 nitrogen and oxygen atoms in total. The van der Waals surface area contributed by atoms with E-state index < -0.39 is 11.2 Å². The van der Waals surface area contributed by atoms with Crippen molar-refractivity contribution in [1.29, 1.82) is 0 Å². The van der Waals surface area contributed by atoms with Crippen molar-refractivity contribution >= 4 is 5.71 Å². The second-order valence-electron chi connectivity index (χ2n) is 6.27. The molecule has 26 heavy (non-hydrogen) atoms. The van der Waals surface area contributed by atoms with Gasteiger partial charge in [-0.05, 0) is 18.4 Å². The van der Waals surface area contributed by atoms with Gasteiger partial charge in [0.15, 0.2) is 0 Å². The molecular weight excluding hydrogens is 330 g/mol. The second kappa shape index (κ2) is 9.75. The molecule has 0 amide bonds. The van der Waals surface area contributed by atoms with E-state index in [0.29, 0.717) is 18.7 Å². The number of aromatic hydroxyl groups is 1. The zero-order valence-electron chi connectivity index (χ0n) is 15.5. The third-order valence-corrected chi connectivity index (χ3v) is 4.29. The number of aromatic amines is 1. The summed E-state index contributed by atoms with van der Waals surface area (Å²) >= 11 is 0. The van der Waals surface area contributed by atoms with E-state index in [2.05, 4.69) is 16.9 Å². The SMILES string of the molecule is CCCCCCN=C(CC)c1c(O)n(Cc2ccccc2)c(=O)[nH]c1=O. The highest BCUT2D eigenvalue weighted by atomic mass is 16.3. The first-order valence-corrected chi connectivity index (χ1v) is 9.22. The Morgan fingerprint density at radius 3 is 2.50 bits per heavy atom. The number of H-pyrrole nitrogens is 1. The maximum absolute atomic E-state index is 12.3. The number of nitrogens with zero attached hydrogens (tertiary/aromatic N) is 2. The zero-order valence-corrected chi connectivity index (χ0v) is 15.5. The van der Waals surface area contributed by atoms with E-state index in [1.54, 1.807) is 0 Å². The van der Waals surface area contributed by atoms with E-state index in [0.717, 1.165) is 31.2 Å². The predicted molar refractivity (Wildman–Crippen MR) is 104 cm³/mol. The first kappa shape index (κ1) is 19.7. The Kier molecular flexibility index (Phi) is 7.38. The summed E-state index contributed by atoms with van der Waals surface area (Å²) in [7, 11) is 0. The number of rotatable bonds is 9. The van der Waals surface area contributed by atoms with Crippen molar-refractivity contribution in [2.75, 3.05) is 6.54 Å². The van der Waals surface area contributed by atoms with Gasteiger partial charge in [-0.2, -0.15) is 0 Å². The van der Waals surface area contributed by atoms with E-state index in [1.807, 2.05) is 37.3 Å². The normalized spacial score (nSPS) is 11.7. The molecule has 1 aromatic heterocycles. The summed E-state index contributed by atoms with van der Waals surface area (Å²) in [5.41, 5.74) is 0.266. The van der Waals surface area contributed by atoms with Crippen LogP contribution >= 0.6 is 0 Å². The van der Waals surface area contributed by atoms with Crippen molar-refractivity contribution in [1.82, 2.24) is 9.55 Å². The molecule has 1 aromatic carbocycles. The van der Waals surface area contributed by atoms with E-state index >= 15 is 0 Å². The fourth-order valence-corrected chi connectivity index (χ4v) is 2.85. The third-order valence-electron chi connectivity index (χ3n) is 4.29. The van der Waals surface area contributed by atoms with Crippen molar-refractivity contribution in [3.05, 3.63) is 62.3 Å². The molecule has 0 aliphatic heterocycles. The minimum Gasteiger partial charge on any atom is -0.494 e. The first-order chi connectivity index (χ1) is 12.6. The number of hydrogen-bond donors (Lipinski definition) is 2. The number of hydrogen-bond acceptors (Lipinski definition) is 4. The molecule has 0 atom stereocenters. The largest absolute Gasteiger partial charge is 0.494 e. The average Bonchev–Trinajstić information content (AvgIpc) is 2.64. The summed E-state index contributed by atoms with van der Waals surface area (Å²) in [5.74, 6) is -0.322. The summed E-state index contributed by atoms with van der Waals surface area (Å²) in [6.45, 7) is 4.83. The van der Waals surface area contributed by atoms with E-state index in [4.69, 9.17) is 0 Å². The van der Waals surface area contributed by atoms with Gasteiger partial charge < -0.3 is 5.11 Å². The lowest BCUT2D eigenvalue weighted by Gasteiger charge is -2.12. The smallest absolute Gasteiger partial charge is 0.331 e. The summed E-state index contributed by atoms with van der Waals surface area (Å²) in [6, 6.07) is 9.32. The molecular formula is C20H27N3O3. The molecule has 0 spiro atoms. The Morgan fingerprint density at radius 2 is 1.85 bits per heavy atom. The highest BCUT2D eigenvalue weighted by Crippen LogP contribution is 2.15. The van der Waals surface area contributed by atoms with Crippen molar-refractivity contribution in [2.45, 2.75) is 52.5 Å². The van der Waals surface area contributed by atoms with Crippen LogP contribution in [0.3, 0.4) is 0 Å². The molecule has 2 rings (SSSR count). The molecule has 0 unspecified atom stereocenters. The van der Waals surface area contributed by atoms with Crippen LogP contribution < -0.4 is 11.2 Å². The van der Waals surface area contributed by atoms with Crippen molar-refractivity contribution in [3.63, 3.8) is 0 Å². The molecule has 0 saturated heterocycles. The molecule has 0 bridgehead atoms. The Bertz CT molecular complexity index is 851. The lowest BCUT2D eigenvalue weighted by atomic mass is 10.1. The van der Waals surface area contributed by atoms with Gasteiger partial charge in [-0.15, -0.1) is 0 Å². The molecule has 0 radical (unpaired) electrons. The standard InChI is InChI=1S/C20H27N3O3/c1-3-5-6-10-13-21-16(4-2)17-18(24)22-20(26)23(19(17)25)14-15-11-8-7-9-12-15/h7-9,11-12,25H,3-6,10,13-14H2,1-2H3,(H,22,24,26). The van der Waals surface area contributed by atoms with Gasteiger partial charge in [0.1, 0.15) is 5.56 Å². The van der Waals surface area contributed by atoms with Gasteiger partial charge in [-0.1, -0.05) is 63.4 Å². The number of benzene rings is 1. The molecule has 0 fully saturated rings. The van der Waals surface area contributed by atoms with E-state index in [1.165, 1.54) is 4.57 Å². The van der Waals surface area contributed by atoms with Gasteiger partial charge in [-0.25, -0.2) is 4.79 Å². The summed E-state index contributed by atoms with van der Waals surface area (Å²) in [5, 5.41) is 10.6. The van der Waals surface area contributed by atoms with Crippen LogP contribution in [-0.2, 0) is 6.54 Å². The fourth-order valence-electron chi connectivity index (χ4n) is 2.85. The molecule has 140 valence electrons. The van der Waals surface area contributed by atoms with Gasteiger partial charge in [0.25, 0.3) is 5.56 Å². The molecule has 0 aliphatic rings. The van der Waals surface area contributed by atoms with Crippen molar-refractivity contribution in [3.8, 4) is 5.88 Å². The van der Waals surface area contributed by atoms with Crippen LogP contribution in [0, 0.1) is 0 Å². The Labute approximate surface area is 153 Å². The van der Waals surface area contributed by atoms with E-state index in [-0.39, 0.29) is 18.0 Å². The molecule has 1 heterocycles. The first-order valence-electron chi connectivity index (χ1n) is 9.22.